The second-order valence-corrected chi connectivity index (χ2v) is 6.54. The van der Waals surface area contributed by atoms with Crippen molar-refractivity contribution in [2.75, 3.05) is 5.73 Å². The number of carbonyl (C=O) groups is 1. The molecule has 1 aromatic carbocycles. The van der Waals surface area contributed by atoms with Crippen LogP contribution >= 0.6 is 12.4 Å². The van der Waals surface area contributed by atoms with E-state index in [1.807, 2.05) is 30.3 Å². The van der Waals surface area contributed by atoms with Crippen LogP contribution in [0.15, 0.2) is 48.7 Å². The summed E-state index contributed by atoms with van der Waals surface area (Å²) in [6.07, 6.45) is 1.82. The van der Waals surface area contributed by atoms with Crippen LogP contribution in [0.2, 0.25) is 0 Å². The summed E-state index contributed by atoms with van der Waals surface area (Å²) in [4.78, 5) is 16.5. The molecule has 0 aliphatic rings. The van der Waals surface area contributed by atoms with Crippen molar-refractivity contribution in [2.45, 2.75) is 33.2 Å². The summed E-state index contributed by atoms with van der Waals surface area (Å²) in [7, 11) is 0. The first kappa shape index (κ1) is 19.0. The van der Waals surface area contributed by atoms with Crippen molar-refractivity contribution in [3.63, 3.8) is 0 Å². The number of hydrogen-bond donors (Lipinski definition) is 2. The molecule has 0 bridgehead atoms. The number of nitrogens with two attached hydrogens (primary N) is 1. The third-order valence-electron chi connectivity index (χ3n) is 3.49. The van der Waals surface area contributed by atoms with Crippen LogP contribution in [0.5, 0.6) is 0 Å². The number of nitrogens with zero attached hydrogens (tertiary/aromatic N) is 1. The van der Waals surface area contributed by atoms with Gasteiger partial charge in [-0.05, 0) is 23.1 Å². The molecule has 124 valence electrons. The van der Waals surface area contributed by atoms with Crippen LogP contribution in [0.4, 0.5) is 5.69 Å². The van der Waals surface area contributed by atoms with Crippen LogP contribution < -0.4 is 11.1 Å². The van der Waals surface area contributed by atoms with E-state index >= 15 is 0 Å². The Labute approximate surface area is 143 Å². The summed E-state index contributed by atoms with van der Waals surface area (Å²) in [6, 6.07) is 13.5. The monoisotopic (exact) mass is 333 g/mol. The van der Waals surface area contributed by atoms with Crippen molar-refractivity contribution in [3.8, 4) is 0 Å². The molecule has 3 N–H and O–H groups in total. The summed E-state index contributed by atoms with van der Waals surface area (Å²) in [5.74, 6) is -0.0407. The number of aromatic nitrogens is 1. The van der Waals surface area contributed by atoms with Crippen molar-refractivity contribution < 1.29 is 4.79 Å². The predicted octanol–water partition coefficient (Wildman–Crippen LogP) is 3.53. The molecule has 23 heavy (non-hydrogen) atoms. The highest BCUT2D eigenvalue weighted by Crippen LogP contribution is 2.32. The van der Waals surface area contributed by atoms with Gasteiger partial charge >= 0.3 is 0 Å². The first-order valence-electron chi connectivity index (χ1n) is 7.41. The summed E-state index contributed by atoms with van der Waals surface area (Å²) >= 11 is 0. The first-order chi connectivity index (χ1) is 10.4. The third kappa shape index (κ3) is 5.57. The van der Waals surface area contributed by atoms with Gasteiger partial charge in [0.2, 0.25) is 5.91 Å². The number of benzene rings is 1. The highest BCUT2D eigenvalue weighted by Gasteiger charge is 2.27. The number of anilines is 1. The van der Waals surface area contributed by atoms with Crippen molar-refractivity contribution in [3.05, 3.63) is 59.9 Å². The average molecular weight is 334 g/mol. The van der Waals surface area contributed by atoms with E-state index in [1.54, 1.807) is 18.3 Å². The topological polar surface area (TPSA) is 68.0 Å². The van der Waals surface area contributed by atoms with Crippen molar-refractivity contribution >= 4 is 24.0 Å². The quantitative estimate of drug-likeness (QED) is 0.899. The van der Waals surface area contributed by atoms with Crippen molar-refractivity contribution in [1.29, 1.82) is 0 Å². The lowest BCUT2D eigenvalue weighted by Crippen LogP contribution is -2.37. The smallest absolute Gasteiger partial charge is 0.226 e. The molecule has 1 atom stereocenters. The Bertz CT molecular complexity index is 621. The largest absolute Gasteiger partial charge is 0.397 e. The van der Waals surface area contributed by atoms with E-state index in [1.165, 1.54) is 0 Å². The van der Waals surface area contributed by atoms with E-state index in [4.69, 9.17) is 5.73 Å². The number of rotatable bonds is 4. The minimum absolute atomic E-state index is 0. The predicted molar refractivity (Wildman–Crippen MR) is 96.4 cm³/mol. The Morgan fingerprint density at radius 1 is 1.17 bits per heavy atom. The Morgan fingerprint density at radius 3 is 2.35 bits per heavy atom. The van der Waals surface area contributed by atoms with Gasteiger partial charge in [-0.2, -0.15) is 0 Å². The Morgan fingerprint density at radius 2 is 1.83 bits per heavy atom. The number of hydrogen-bond acceptors (Lipinski definition) is 3. The molecule has 0 fully saturated rings. The highest BCUT2D eigenvalue weighted by atomic mass is 35.5. The molecule has 1 heterocycles. The molecule has 0 radical (unpaired) electrons. The van der Waals surface area contributed by atoms with E-state index in [2.05, 4.69) is 31.1 Å². The molecule has 2 aromatic rings. The zero-order valence-corrected chi connectivity index (χ0v) is 14.6. The van der Waals surface area contributed by atoms with Gasteiger partial charge in [-0.1, -0.05) is 51.1 Å². The molecule has 5 heteroatoms. The lowest BCUT2D eigenvalue weighted by atomic mass is 9.82. The lowest BCUT2D eigenvalue weighted by molar-refractivity contribution is -0.122. The van der Waals surface area contributed by atoms with Crippen LogP contribution in [-0.2, 0) is 11.2 Å². The maximum Gasteiger partial charge on any atom is 0.226 e. The van der Waals surface area contributed by atoms with Gasteiger partial charge in [-0.25, -0.2) is 0 Å². The summed E-state index contributed by atoms with van der Waals surface area (Å²) in [5.41, 5.74) is 7.95. The molecule has 1 aromatic heterocycles. The normalized spacial score (nSPS) is 12.1. The SMILES string of the molecule is CC(C)(C)C(NC(=O)Cc1ccc(N)cn1)c1ccccc1.Cl. The minimum Gasteiger partial charge on any atom is -0.397 e. The van der Waals surface area contributed by atoms with E-state index in [0.717, 1.165) is 5.56 Å². The fourth-order valence-corrected chi connectivity index (χ4v) is 2.36. The van der Waals surface area contributed by atoms with Crippen LogP contribution in [0.1, 0.15) is 38.1 Å². The number of carbonyl (C=O) groups excluding carboxylic acids is 1. The second kappa shape index (κ2) is 7.97. The van der Waals surface area contributed by atoms with Gasteiger partial charge in [0.1, 0.15) is 0 Å². The molecule has 0 saturated carbocycles. The van der Waals surface area contributed by atoms with E-state index in [-0.39, 0.29) is 36.2 Å². The van der Waals surface area contributed by atoms with Crippen molar-refractivity contribution in [2.24, 2.45) is 5.41 Å². The van der Waals surface area contributed by atoms with Gasteiger partial charge in [0.05, 0.1) is 24.3 Å². The number of amides is 1. The molecule has 1 amide bonds. The Hall–Kier alpha value is -2.07. The van der Waals surface area contributed by atoms with E-state index in [9.17, 15) is 4.79 Å². The molecular weight excluding hydrogens is 310 g/mol. The molecule has 0 aliphatic carbocycles. The van der Waals surface area contributed by atoms with Gasteiger partial charge in [-0.15, -0.1) is 12.4 Å². The Balaban J connectivity index is 0.00000264. The molecule has 2 rings (SSSR count). The highest BCUT2D eigenvalue weighted by molar-refractivity contribution is 5.85. The molecule has 0 saturated heterocycles. The van der Waals surface area contributed by atoms with Crippen LogP contribution in [0.25, 0.3) is 0 Å². The van der Waals surface area contributed by atoms with Gasteiger partial charge in [-0.3, -0.25) is 9.78 Å². The summed E-state index contributed by atoms with van der Waals surface area (Å²) in [6.45, 7) is 6.35. The number of nitrogens with one attached hydrogen (secondary N) is 1. The van der Waals surface area contributed by atoms with Gasteiger partial charge in [0.25, 0.3) is 0 Å². The van der Waals surface area contributed by atoms with Gasteiger partial charge in [0, 0.05) is 5.69 Å². The molecular formula is C18H24ClN3O. The van der Waals surface area contributed by atoms with Crippen LogP contribution in [0, 0.1) is 5.41 Å². The first-order valence-corrected chi connectivity index (χ1v) is 7.41. The van der Waals surface area contributed by atoms with Gasteiger partial charge in [0.15, 0.2) is 0 Å². The zero-order chi connectivity index (χ0) is 16.2. The minimum atomic E-state index is -0.0778. The maximum absolute atomic E-state index is 12.3. The molecule has 0 spiro atoms. The fourth-order valence-electron chi connectivity index (χ4n) is 2.36. The fraction of sp³-hybridized carbons (Fsp3) is 0.333. The van der Waals surface area contributed by atoms with Crippen molar-refractivity contribution in [1.82, 2.24) is 10.3 Å². The standard InChI is InChI=1S/C18H23N3O.ClH/c1-18(2,3)17(13-7-5-4-6-8-13)21-16(22)11-15-10-9-14(19)12-20-15;/h4-10,12,17H,11,19H2,1-3H3,(H,21,22);1H. The van der Waals surface area contributed by atoms with E-state index in [0.29, 0.717) is 11.4 Å². The molecule has 0 aliphatic heterocycles. The number of halogens is 1. The van der Waals surface area contributed by atoms with E-state index < -0.39 is 0 Å². The maximum atomic E-state index is 12.3. The average Bonchev–Trinajstić information content (AvgIpc) is 2.47. The Kier molecular flexibility index (Phi) is 6.58. The van der Waals surface area contributed by atoms with Gasteiger partial charge < -0.3 is 11.1 Å². The zero-order valence-electron chi connectivity index (χ0n) is 13.7. The molecule has 4 nitrogen and oxygen atoms in total. The lowest BCUT2D eigenvalue weighted by Gasteiger charge is -2.32. The summed E-state index contributed by atoms with van der Waals surface area (Å²) in [5, 5.41) is 3.13. The molecule has 1 unspecified atom stereocenters. The number of pyridine rings is 1. The third-order valence-corrected chi connectivity index (χ3v) is 3.49. The number of nitrogen functional groups attached to an aromatic ring is 1. The van der Waals surface area contributed by atoms with Crippen LogP contribution in [-0.4, -0.2) is 10.9 Å². The second-order valence-electron chi connectivity index (χ2n) is 6.54. The van der Waals surface area contributed by atoms with Crippen LogP contribution in [0.3, 0.4) is 0 Å². The summed E-state index contributed by atoms with van der Waals surface area (Å²) < 4.78 is 0.